The molecule has 0 saturated heterocycles. The predicted molar refractivity (Wildman–Crippen MR) is 127 cm³/mol. The number of rotatable bonds is 13. The molecule has 0 aliphatic rings. The fourth-order valence-electron chi connectivity index (χ4n) is 3.20. The first-order chi connectivity index (χ1) is 16.6. The highest BCUT2D eigenvalue weighted by Gasteiger charge is 2.31. The lowest BCUT2D eigenvalue weighted by Crippen LogP contribution is -2.58. The highest BCUT2D eigenvalue weighted by Crippen LogP contribution is 2.19. The summed E-state index contributed by atoms with van der Waals surface area (Å²) in [5.74, 6) is -5.81. The van der Waals surface area contributed by atoms with E-state index in [9.17, 15) is 24.0 Å². The summed E-state index contributed by atoms with van der Waals surface area (Å²) in [6.45, 7) is -0.658. The molecule has 0 bridgehead atoms. The minimum atomic E-state index is -1.72. The lowest BCUT2D eigenvalue weighted by Gasteiger charge is -2.24. The molecular weight excluding hydrogens is 482 g/mol. The van der Waals surface area contributed by atoms with E-state index in [0.717, 1.165) is 10.9 Å². The molecule has 1 heterocycles. The molecule has 3 amide bonds. The molecule has 2 rings (SSSR count). The number of aliphatic hydroxyl groups excluding tert-OH is 1. The largest absolute Gasteiger partial charge is 0.481 e. The van der Waals surface area contributed by atoms with Crippen molar-refractivity contribution in [2.75, 3.05) is 12.4 Å². The lowest BCUT2D eigenvalue weighted by atomic mass is 10.0. The summed E-state index contributed by atoms with van der Waals surface area (Å²) in [5.41, 5.74) is 7.02. The number of carbonyl (C=O) groups excluding carboxylic acids is 3. The van der Waals surface area contributed by atoms with Gasteiger partial charge in [0.2, 0.25) is 17.7 Å². The Morgan fingerprint density at radius 2 is 1.54 bits per heavy atom. The van der Waals surface area contributed by atoms with Gasteiger partial charge >= 0.3 is 11.9 Å². The molecule has 190 valence electrons. The maximum absolute atomic E-state index is 13.1. The number of nitrogens with two attached hydrogens (primary N) is 1. The number of aliphatic carboxylic acids is 2. The first-order valence-electron chi connectivity index (χ1n) is 10.4. The topological polar surface area (TPSA) is 224 Å². The number of aromatic nitrogens is 1. The number of carbonyl (C=O) groups is 5. The average Bonchev–Trinajstić information content (AvgIpc) is 3.23. The first-order valence-corrected chi connectivity index (χ1v) is 11.1. The Morgan fingerprint density at radius 1 is 0.943 bits per heavy atom. The SMILES string of the molecule is NC(CO)C(=O)NC(Cc1c[nH]c2ccccc12)C(=O)NC(CS)C(=O)NC(CC(=O)O)C(=O)O. The van der Waals surface area contributed by atoms with E-state index in [1.165, 1.54) is 0 Å². The van der Waals surface area contributed by atoms with Crippen LogP contribution in [0.4, 0.5) is 0 Å². The van der Waals surface area contributed by atoms with Crippen molar-refractivity contribution in [3.8, 4) is 0 Å². The summed E-state index contributed by atoms with van der Waals surface area (Å²) in [4.78, 5) is 63.0. The molecule has 0 fully saturated rings. The molecule has 4 atom stereocenters. The zero-order valence-electron chi connectivity index (χ0n) is 18.4. The minimum absolute atomic E-state index is 0.00257. The molecule has 14 heteroatoms. The summed E-state index contributed by atoms with van der Waals surface area (Å²) in [6.07, 6.45) is 0.791. The van der Waals surface area contributed by atoms with Crippen molar-refractivity contribution < 1.29 is 39.3 Å². The molecule has 0 spiro atoms. The Bertz CT molecular complexity index is 1090. The quantitative estimate of drug-likeness (QED) is 0.136. The van der Waals surface area contributed by atoms with Crippen LogP contribution in [-0.2, 0) is 30.4 Å². The summed E-state index contributed by atoms with van der Waals surface area (Å²) >= 11 is 4.01. The van der Waals surface area contributed by atoms with Crippen molar-refractivity contribution in [1.29, 1.82) is 0 Å². The molecule has 2 aromatic rings. The van der Waals surface area contributed by atoms with Crippen LogP contribution in [0.5, 0.6) is 0 Å². The van der Waals surface area contributed by atoms with Crippen LogP contribution in [-0.4, -0.2) is 86.5 Å². The number of nitrogens with one attached hydrogen (secondary N) is 4. The number of hydrogen-bond donors (Lipinski definition) is 9. The van der Waals surface area contributed by atoms with Crippen LogP contribution >= 0.6 is 12.6 Å². The second-order valence-electron chi connectivity index (χ2n) is 7.65. The predicted octanol–water partition coefficient (Wildman–Crippen LogP) is -2.03. The van der Waals surface area contributed by atoms with Crippen LogP contribution in [0.1, 0.15) is 12.0 Å². The molecular formula is C21H27N5O8S. The van der Waals surface area contributed by atoms with Gasteiger partial charge in [-0.15, -0.1) is 0 Å². The van der Waals surface area contributed by atoms with Gasteiger partial charge in [-0.3, -0.25) is 19.2 Å². The highest BCUT2D eigenvalue weighted by molar-refractivity contribution is 7.80. The molecule has 0 radical (unpaired) electrons. The van der Waals surface area contributed by atoms with Crippen LogP contribution in [0.3, 0.4) is 0 Å². The van der Waals surface area contributed by atoms with Gasteiger partial charge in [-0.1, -0.05) is 18.2 Å². The van der Waals surface area contributed by atoms with E-state index in [0.29, 0.717) is 5.56 Å². The van der Waals surface area contributed by atoms with E-state index in [4.69, 9.17) is 21.1 Å². The Morgan fingerprint density at radius 3 is 2.14 bits per heavy atom. The fourth-order valence-corrected chi connectivity index (χ4v) is 3.46. The molecule has 9 N–H and O–H groups in total. The second-order valence-corrected chi connectivity index (χ2v) is 8.02. The molecule has 4 unspecified atom stereocenters. The zero-order valence-corrected chi connectivity index (χ0v) is 19.3. The summed E-state index contributed by atoms with van der Waals surface area (Å²) in [6, 6.07) is 1.69. The smallest absolute Gasteiger partial charge is 0.326 e. The van der Waals surface area contributed by atoms with E-state index in [1.807, 2.05) is 18.2 Å². The number of aliphatic hydroxyl groups is 1. The van der Waals surface area contributed by atoms with Gasteiger partial charge in [0.25, 0.3) is 0 Å². The monoisotopic (exact) mass is 509 g/mol. The molecule has 0 saturated carbocycles. The first kappa shape index (κ1) is 27.6. The molecule has 0 aliphatic heterocycles. The van der Waals surface area contributed by atoms with E-state index < -0.39 is 66.9 Å². The van der Waals surface area contributed by atoms with E-state index >= 15 is 0 Å². The maximum atomic E-state index is 13.1. The van der Waals surface area contributed by atoms with Gasteiger partial charge in [0, 0.05) is 29.3 Å². The zero-order chi connectivity index (χ0) is 26.1. The molecule has 35 heavy (non-hydrogen) atoms. The lowest BCUT2D eigenvalue weighted by molar-refractivity contribution is -0.147. The van der Waals surface area contributed by atoms with Crippen LogP contribution in [0, 0.1) is 0 Å². The Balaban J connectivity index is 2.21. The number of benzene rings is 1. The standard InChI is InChI=1S/C21H27N5O8S/c22-12(8-27)18(30)24-14(5-10-7-23-13-4-2-1-3-11(10)13)19(31)26-16(9-35)20(32)25-15(21(33)34)6-17(28)29/h1-4,7,12,14-16,23,27,35H,5-6,8-9,22H2,(H,24,30)(H,25,32)(H,26,31)(H,28,29)(H,33,34). The number of fused-ring (bicyclic) bond motifs is 1. The van der Waals surface area contributed by atoms with E-state index in [1.54, 1.807) is 12.3 Å². The van der Waals surface area contributed by atoms with Crippen LogP contribution < -0.4 is 21.7 Å². The van der Waals surface area contributed by atoms with Gasteiger partial charge < -0.3 is 42.0 Å². The van der Waals surface area contributed by atoms with E-state index in [2.05, 4.69) is 33.6 Å². The molecule has 1 aromatic heterocycles. The number of para-hydroxylation sites is 1. The molecule has 13 nitrogen and oxygen atoms in total. The van der Waals surface area contributed by atoms with Gasteiger partial charge in [0.15, 0.2) is 0 Å². The minimum Gasteiger partial charge on any atom is -0.481 e. The third-order valence-corrected chi connectivity index (χ3v) is 5.44. The van der Waals surface area contributed by atoms with Crippen molar-refractivity contribution in [3.05, 3.63) is 36.0 Å². The maximum Gasteiger partial charge on any atom is 0.326 e. The van der Waals surface area contributed by atoms with Crippen molar-refractivity contribution >= 4 is 53.2 Å². The van der Waals surface area contributed by atoms with Crippen LogP contribution in [0.15, 0.2) is 30.5 Å². The highest BCUT2D eigenvalue weighted by atomic mass is 32.1. The van der Waals surface area contributed by atoms with Gasteiger partial charge in [0.05, 0.1) is 13.0 Å². The van der Waals surface area contributed by atoms with Crippen molar-refractivity contribution in [3.63, 3.8) is 0 Å². The number of hydrogen-bond acceptors (Lipinski definition) is 8. The number of aromatic amines is 1. The average molecular weight is 510 g/mol. The van der Waals surface area contributed by atoms with Crippen LogP contribution in [0.2, 0.25) is 0 Å². The number of carboxylic acids is 2. The van der Waals surface area contributed by atoms with Gasteiger partial charge in [-0.05, 0) is 11.6 Å². The molecule has 0 aliphatic carbocycles. The van der Waals surface area contributed by atoms with Gasteiger partial charge in [-0.25, -0.2) is 4.79 Å². The summed E-state index contributed by atoms with van der Waals surface area (Å²) in [5, 5.41) is 34.8. The third-order valence-electron chi connectivity index (χ3n) is 5.07. The Hall–Kier alpha value is -3.62. The number of amides is 3. The van der Waals surface area contributed by atoms with Crippen molar-refractivity contribution in [2.45, 2.75) is 37.0 Å². The van der Waals surface area contributed by atoms with Crippen molar-refractivity contribution in [2.24, 2.45) is 5.73 Å². The molecule has 1 aromatic carbocycles. The fraction of sp³-hybridized carbons (Fsp3) is 0.381. The third kappa shape index (κ3) is 7.70. The summed E-state index contributed by atoms with van der Waals surface area (Å²) in [7, 11) is 0. The van der Waals surface area contributed by atoms with Crippen LogP contribution in [0.25, 0.3) is 10.9 Å². The Kier molecular flexibility index (Phi) is 10.1. The van der Waals surface area contributed by atoms with E-state index in [-0.39, 0.29) is 12.2 Å². The number of thiol groups is 1. The summed E-state index contributed by atoms with van der Waals surface area (Å²) < 4.78 is 0. The van der Waals surface area contributed by atoms with Gasteiger partial charge in [-0.2, -0.15) is 12.6 Å². The second kappa shape index (κ2) is 12.7. The van der Waals surface area contributed by atoms with Crippen molar-refractivity contribution in [1.82, 2.24) is 20.9 Å². The normalized spacial score (nSPS) is 14.4. The number of carboxylic acid groups (broad SMARTS) is 2. The van der Waals surface area contributed by atoms with Gasteiger partial charge in [0.1, 0.15) is 24.2 Å². The number of H-pyrrole nitrogens is 1. The Labute approximate surface area is 204 Å².